The summed E-state index contributed by atoms with van der Waals surface area (Å²) in [7, 11) is 0. The second kappa shape index (κ2) is 11.8. The largest absolute Gasteiger partial charge is 0.310 e. The van der Waals surface area contributed by atoms with Gasteiger partial charge in [0.1, 0.15) is 0 Å². The number of para-hydroxylation sites is 5. The lowest BCUT2D eigenvalue weighted by molar-refractivity contribution is 1.27. The molecule has 0 aliphatic heterocycles. The Morgan fingerprint density at radius 2 is 0.733 bits per heavy atom. The van der Waals surface area contributed by atoms with Gasteiger partial charge in [-0.25, -0.2) is 0 Å². The van der Waals surface area contributed by atoms with E-state index in [1.807, 2.05) is 11.3 Å². The van der Waals surface area contributed by atoms with Gasteiger partial charge in [0.25, 0.3) is 0 Å². The lowest BCUT2D eigenvalue weighted by Crippen LogP contribution is -2.13. The van der Waals surface area contributed by atoms with Crippen LogP contribution >= 0.6 is 11.3 Å². The fourth-order valence-corrected chi connectivity index (χ4v) is 7.47. The van der Waals surface area contributed by atoms with Gasteiger partial charge in [-0.15, -0.1) is 11.3 Å². The molecule has 0 N–H and O–H groups in total. The van der Waals surface area contributed by atoms with Gasteiger partial charge >= 0.3 is 0 Å². The van der Waals surface area contributed by atoms with Gasteiger partial charge in [0.15, 0.2) is 0 Å². The monoisotopic (exact) mass is 594 g/mol. The van der Waals surface area contributed by atoms with Gasteiger partial charge in [0, 0.05) is 43.7 Å². The molecule has 214 valence electrons. The van der Waals surface area contributed by atoms with Crippen LogP contribution in [-0.4, -0.2) is 0 Å². The minimum atomic E-state index is 1.11. The van der Waals surface area contributed by atoms with Crippen molar-refractivity contribution in [2.24, 2.45) is 0 Å². The summed E-state index contributed by atoms with van der Waals surface area (Å²) in [4.78, 5) is 4.78. The van der Waals surface area contributed by atoms with E-state index < -0.39 is 0 Å². The molecular weight excluding hydrogens is 565 g/mol. The molecule has 0 fully saturated rings. The van der Waals surface area contributed by atoms with Crippen molar-refractivity contribution in [3.63, 3.8) is 0 Å². The lowest BCUT2D eigenvalue weighted by Gasteiger charge is -2.31. The van der Waals surface area contributed by atoms with E-state index in [1.165, 1.54) is 25.9 Å². The molecule has 0 aliphatic rings. The number of anilines is 6. The first-order valence-electron chi connectivity index (χ1n) is 15.2. The summed E-state index contributed by atoms with van der Waals surface area (Å²) in [5.74, 6) is 0. The van der Waals surface area contributed by atoms with Crippen molar-refractivity contribution < 1.29 is 0 Å². The highest BCUT2D eigenvalue weighted by Crippen LogP contribution is 2.49. The quantitative estimate of drug-likeness (QED) is 0.181. The first kappa shape index (κ1) is 26.9. The number of benzene rings is 7. The predicted molar refractivity (Wildman–Crippen MR) is 194 cm³/mol. The van der Waals surface area contributed by atoms with Crippen LogP contribution in [0.5, 0.6) is 0 Å². The molecule has 0 atom stereocenters. The highest BCUT2D eigenvalue weighted by atomic mass is 32.1. The van der Waals surface area contributed by atoms with Crippen LogP contribution in [0.15, 0.2) is 182 Å². The Labute approximate surface area is 267 Å². The molecule has 0 aliphatic carbocycles. The number of nitrogens with zero attached hydrogens (tertiary/aromatic N) is 2. The number of hydrogen-bond acceptors (Lipinski definition) is 3. The van der Waals surface area contributed by atoms with Gasteiger partial charge in [-0.2, -0.15) is 0 Å². The summed E-state index contributed by atoms with van der Waals surface area (Å²) in [5.41, 5.74) is 9.09. The zero-order valence-electron chi connectivity index (χ0n) is 24.6. The molecule has 8 aromatic rings. The van der Waals surface area contributed by atoms with Gasteiger partial charge in [0.2, 0.25) is 0 Å². The molecule has 45 heavy (non-hydrogen) atoms. The molecule has 0 radical (unpaired) electrons. The normalized spacial score (nSPS) is 11.1. The van der Waals surface area contributed by atoms with Crippen LogP contribution in [0.4, 0.5) is 34.1 Å². The third-order valence-electron chi connectivity index (χ3n) is 8.25. The van der Waals surface area contributed by atoms with Crippen LogP contribution in [0.25, 0.3) is 31.3 Å². The van der Waals surface area contributed by atoms with Gasteiger partial charge in [-0.1, -0.05) is 121 Å². The van der Waals surface area contributed by atoms with E-state index in [0.29, 0.717) is 0 Å². The van der Waals surface area contributed by atoms with Crippen molar-refractivity contribution in [2.75, 3.05) is 9.80 Å². The Kier molecular flexibility index (Phi) is 7.07. The fourth-order valence-electron chi connectivity index (χ4n) is 6.27. The first-order valence-corrected chi connectivity index (χ1v) is 16.0. The highest BCUT2D eigenvalue weighted by molar-refractivity contribution is 7.26. The minimum Gasteiger partial charge on any atom is -0.310 e. The Morgan fingerprint density at radius 3 is 1.33 bits per heavy atom. The zero-order chi connectivity index (χ0) is 30.0. The van der Waals surface area contributed by atoms with E-state index in [2.05, 4.69) is 192 Å². The van der Waals surface area contributed by atoms with Crippen molar-refractivity contribution in [2.45, 2.75) is 0 Å². The molecule has 0 unspecified atom stereocenters. The zero-order valence-corrected chi connectivity index (χ0v) is 25.4. The SMILES string of the molecule is c1ccc(N(c2ccccc2)c2ccccc2-c2ccccc2N(c2ccccc2)c2cccc3c2sc2ccccc23)cc1. The number of fused-ring (bicyclic) bond motifs is 3. The van der Waals surface area contributed by atoms with Gasteiger partial charge < -0.3 is 9.80 Å². The Morgan fingerprint density at radius 1 is 0.311 bits per heavy atom. The van der Waals surface area contributed by atoms with E-state index in [-0.39, 0.29) is 0 Å². The molecule has 1 aromatic heterocycles. The summed E-state index contributed by atoms with van der Waals surface area (Å²) >= 11 is 1.86. The van der Waals surface area contributed by atoms with Crippen LogP contribution in [-0.2, 0) is 0 Å². The van der Waals surface area contributed by atoms with E-state index in [1.54, 1.807) is 0 Å². The Bertz CT molecular complexity index is 2180. The lowest BCUT2D eigenvalue weighted by atomic mass is 9.98. The average Bonchev–Trinajstić information content (AvgIpc) is 3.50. The first-order chi connectivity index (χ1) is 22.4. The van der Waals surface area contributed by atoms with Crippen molar-refractivity contribution in [1.29, 1.82) is 0 Å². The second-order valence-electron chi connectivity index (χ2n) is 11.0. The fraction of sp³-hybridized carbons (Fsp3) is 0. The summed E-state index contributed by atoms with van der Waals surface area (Å²) in [5, 5.41) is 2.58. The van der Waals surface area contributed by atoms with E-state index in [0.717, 1.165) is 39.6 Å². The maximum Gasteiger partial charge on any atom is 0.0640 e. The standard InChI is InChI=1S/C42H30N2S/c1-4-17-31(18-5-1)43(32-19-6-2-7-20-32)38-27-13-10-23-34(38)35-24-11-14-28-39(35)44(33-21-8-3-9-22-33)40-29-16-26-37-36-25-12-15-30-41(36)45-42(37)40/h1-30H. The van der Waals surface area contributed by atoms with Crippen molar-refractivity contribution >= 4 is 65.6 Å². The number of hydrogen-bond donors (Lipinski definition) is 0. The molecule has 0 saturated carbocycles. The smallest absolute Gasteiger partial charge is 0.0640 e. The molecule has 1 heterocycles. The maximum absolute atomic E-state index is 2.43. The minimum absolute atomic E-state index is 1.11. The van der Waals surface area contributed by atoms with E-state index >= 15 is 0 Å². The van der Waals surface area contributed by atoms with Crippen LogP contribution in [0.3, 0.4) is 0 Å². The molecule has 2 nitrogen and oxygen atoms in total. The average molecular weight is 595 g/mol. The molecule has 7 aromatic carbocycles. The topological polar surface area (TPSA) is 6.48 Å². The molecule has 8 rings (SSSR count). The molecule has 0 bridgehead atoms. The van der Waals surface area contributed by atoms with Crippen molar-refractivity contribution in [1.82, 2.24) is 0 Å². The summed E-state index contributed by atoms with van der Waals surface area (Å²) in [6.45, 7) is 0. The Balaban J connectivity index is 1.38. The van der Waals surface area contributed by atoms with E-state index in [9.17, 15) is 0 Å². The maximum atomic E-state index is 2.43. The second-order valence-corrected chi connectivity index (χ2v) is 12.0. The number of rotatable bonds is 7. The van der Waals surface area contributed by atoms with Crippen LogP contribution in [0.1, 0.15) is 0 Å². The van der Waals surface area contributed by atoms with Crippen LogP contribution in [0, 0.1) is 0 Å². The third kappa shape index (κ3) is 4.94. The molecule has 0 amide bonds. The van der Waals surface area contributed by atoms with Crippen molar-refractivity contribution in [3.8, 4) is 11.1 Å². The summed E-state index contributed by atoms with van der Waals surface area (Å²) in [6, 6.07) is 64.9. The summed E-state index contributed by atoms with van der Waals surface area (Å²) in [6.07, 6.45) is 0. The summed E-state index contributed by atoms with van der Waals surface area (Å²) < 4.78 is 2.58. The van der Waals surface area contributed by atoms with Crippen LogP contribution in [0.2, 0.25) is 0 Å². The molecule has 0 spiro atoms. The van der Waals surface area contributed by atoms with Crippen LogP contribution < -0.4 is 9.80 Å². The molecular formula is C42H30N2S. The van der Waals surface area contributed by atoms with Gasteiger partial charge in [-0.3, -0.25) is 0 Å². The molecule has 0 saturated heterocycles. The third-order valence-corrected chi connectivity index (χ3v) is 9.46. The number of thiophene rings is 1. The van der Waals surface area contributed by atoms with Gasteiger partial charge in [-0.05, 0) is 60.7 Å². The van der Waals surface area contributed by atoms with E-state index in [4.69, 9.17) is 0 Å². The van der Waals surface area contributed by atoms with Gasteiger partial charge in [0.05, 0.1) is 21.8 Å². The highest BCUT2D eigenvalue weighted by Gasteiger charge is 2.23. The predicted octanol–water partition coefficient (Wildman–Crippen LogP) is 12.7. The molecule has 3 heteroatoms. The van der Waals surface area contributed by atoms with Crippen molar-refractivity contribution in [3.05, 3.63) is 182 Å². The Hall–Kier alpha value is -5.64.